The minimum Gasteiger partial charge on any atom is -0.493 e. The zero-order chi connectivity index (χ0) is 22.9. The highest BCUT2D eigenvalue weighted by molar-refractivity contribution is 8.17. The fourth-order valence-electron chi connectivity index (χ4n) is 3.92. The van der Waals surface area contributed by atoms with E-state index in [2.05, 4.69) is 9.56 Å². The molecule has 2 aliphatic rings. The monoisotopic (exact) mass is 458 g/mol. The Hall–Kier alpha value is -3.78. The number of thioether (sulfide) groups is 1. The van der Waals surface area contributed by atoms with E-state index >= 15 is 0 Å². The Morgan fingerprint density at radius 3 is 2.70 bits per heavy atom. The van der Waals surface area contributed by atoms with Crippen molar-refractivity contribution >= 4 is 45.7 Å². The van der Waals surface area contributed by atoms with E-state index in [1.807, 2.05) is 67.9 Å². The van der Waals surface area contributed by atoms with E-state index in [-0.39, 0.29) is 11.4 Å². The lowest BCUT2D eigenvalue weighted by Crippen LogP contribution is -2.35. The van der Waals surface area contributed by atoms with Crippen LogP contribution in [0.2, 0.25) is 0 Å². The van der Waals surface area contributed by atoms with Gasteiger partial charge in [0.25, 0.3) is 5.91 Å². The quantitative estimate of drug-likeness (QED) is 0.532. The molecule has 0 fully saturated rings. The summed E-state index contributed by atoms with van der Waals surface area (Å²) in [5.41, 5.74) is 2.17. The summed E-state index contributed by atoms with van der Waals surface area (Å²) in [7, 11) is 1.62. The molecule has 0 spiro atoms. The number of amidine groups is 2. The minimum atomic E-state index is -0.391. The van der Waals surface area contributed by atoms with Crippen LogP contribution in [0.15, 0.2) is 76.4 Å². The molecule has 5 rings (SSSR count). The third kappa shape index (κ3) is 3.93. The molecule has 1 N–H and O–H groups in total. The smallest absolute Gasteiger partial charge is 0.283 e. The van der Waals surface area contributed by atoms with E-state index in [0.29, 0.717) is 29.8 Å². The molecule has 3 aromatic rings. The first-order valence-electron chi connectivity index (χ1n) is 10.5. The van der Waals surface area contributed by atoms with Crippen LogP contribution in [0.3, 0.4) is 0 Å². The third-order valence-corrected chi connectivity index (χ3v) is 6.37. The van der Waals surface area contributed by atoms with Crippen LogP contribution in [0.5, 0.6) is 11.5 Å². The predicted molar refractivity (Wildman–Crippen MR) is 132 cm³/mol. The van der Waals surface area contributed by atoms with Crippen molar-refractivity contribution in [1.82, 2.24) is 9.47 Å². The summed E-state index contributed by atoms with van der Waals surface area (Å²) < 4.78 is 13.4. The van der Waals surface area contributed by atoms with Crippen molar-refractivity contribution in [2.24, 2.45) is 4.99 Å². The number of ether oxygens (including phenoxy) is 2. The van der Waals surface area contributed by atoms with Crippen molar-refractivity contribution in [3.8, 4) is 11.5 Å². The number of aromatic nitrogens is 1. The van der Waals surface area contributed by atoms with Gasteiger partial charge in [-0.2, -0.15) is 4.99 Å². The lowest BCUT2D eigenvalue weighted by Gasteiger charge is -2.22. The van der Waals surface area contributed by atoms with Crippen LogP contribution in [-0.2, 0) is 11.3 Å². The number of allylic oxidation sites excluding steroid dienone is 1. The molecule has 2 aliphatic heterocycles. The molecule has 1 amide bonds. The summed E-state index contributed by atoms with van der Waals surface area (Å²) in [6, 6.07) is 15.6. The number of para-hydroxylation sites is 3. The lowest BCUT2D eigenvalue weighted by atomic mass is 10.1. The summed E-state index contributed by atoms with van der Waals surface area (Å²) in [4.78, 5) is 19.5. The van der Waals surface area contributed by atoms with E-state index in [1.165, 1.54) is 11.8 Å². The molecule has 0 bridgehead atoms. The van der Waals surface area contributed by atoms with E-state index in [9.17, 15) is 4.79 Å². The van der Waals surface area contributed by atoms with Crippen molar-refractivity contribution in [1.29, 1.82) is 5.41 Å². The Labute approximate surface area is 195 Å². The maximum Gasteiger partial charge on any atom is 0.283 e. The topological polar surface area (TPSA) is 79.9 Å². The highest BCUT2D eigenvalue weighted by Crippen LogP contribution is 2.33. The van der Waals surface area contributed by atoms with Gasteiger partial charge in [0.15, 0.2) is 16.7 Å². The second-order valence-electron chi connectivity index (χ2n) is 7.61. The zero-order valence-electron chi connectivity index (χ0n) is 18.2. The van der Waals surface area contributed by atoms with E-state index in [4.69, 9.17) is 14.9 Å². The van der Waals surface area contributed by atoms with Crippen LogP contribution in [-0.4, -0.2) is 40.1 Å². The van der Waals surface area contributed by atoms with Gasteiger partial charge in [0, 0.05) is 33.8 Å². The maximum atomic E-state index is 12.7. The highest BCUT2D eigenvalue weighted by atomic mass is 32.2. The molecule has 8 heteroatoms. The Morgan fingerprint density at radius 1 is 1.12 bits per heavy atom. The van der Waals surface area contributed by atoms with Gasteiger partial charge in [0.1, 0.15) is 12.4 Å². The van der Waals surface area contributed by atoms with Gasteiger partial charge < -0.3 is 14.0 Å². The number of fused-ring (bicyclic) bond motifs is 2. The molecular weight excluding hydrogens is 436 g/mol. The molecule has 0 radical (unpaired) electrons. The summed E-state index contributed by atoms with van der Waals surface area (Å²) in [6.07, 6.45) is 5.59. The summed E-state index contributed by atoms with van der Waals surface area (Å²) in [6.45, 7) is 3.00. The molecule has 0 atom stereocenters. The van der Waals surface area contributed by atoms with Crippen LogP contribution in [0.1, 0.15) is 12.5 Å². The fourth-order valence-corrected chi connectivity index (χ4v) is 4.74. The number of carbonyl (C=O) groups is 1. The predicted octanol–water partition coefficient (Wildman–Crippen LogP) is 4.90. The van der Waals surface area contributed by atoms with Crippen LogP contribution < -0.4 is 9.47 Å². The SMILES string of the molecule is COc1ccccc1OCCn1cc(C=C2C(=N)N3C=C(C)SC3=NC2=O)c2ccccc21. The fraction of sp³-hybridized carbons (Fsp3) is 0.160. The molecule has 3 heterocycles. The number of aliphatic imine (C=N–C) groups is 1. The first-order valence-corrected chi connectivity index (χ1v) is 11.3. The van der Waals surface area contributed by atoms with Crippen LogP contribution >= 0.6 is 11.8 Å². The van der Waals surface area contributed by atoms with Crippen molar-refractivity contribution in [3.05, 3.63) is 77.0 Å². The molecule has 1 aromatic heterocycles. The van der Waals surface area contributed by atoms with E-state index < -0.39 is 5.91 Å². The number of amides is 1. The number of hydrogen-bond donors (Lipinski definition) is 1. The summed E-state index contributed by atoms with van der Waals surface area (Å²) in [5, 5.41) is 10.1. The Kier molecular flexibility index (Phi) is 5.51. The zero-order valence-corrected chi connectivity index (χ0v) is 19.1. The molecule has 7 nitrogen and oxygen atoms in total. The number of hydrogen-bond acceptors (Lipinski definition) is 5. The molecule has 0 saturated carbocycles. The Bertz CT molecular complexity index is 1370. The Balaban J connectivity index is 1.43. The number of nitrogens with zero attached hydrogens (tertiary/aromatic N) is 3. The largest absolute Gasteiger partial charge is 0.493 e. The summed E-state index contributed by atoms with van der Waals surface area (Å²) >= 11 is 1.40. The first-order chi connectivity index (χ1) is 16.0. The van der Waals surface area contributed by atoms with Crippen LogP contribution in [0.25, 0.3) is 17.0 Å². The van der Waals surface area contributed by atoms with Crippen molar-refractivity contribution in [2.75, 3.05) is 13.7 Å². The molecule has 2 aromatic carbocycles. The van der Waals surface area contributed by atoms with Gasteiger partial charge >= 0.3 is 0 Å². The second-order valence-corrected chi connectivity index (χ2v) is 8.83. The maximum absolute atomic E-state index is 12.7. The van der Waals surface area contributed by atoms with Crippen molar-refractivity contribution in [2.45, 2.75) is 13.5 Å². The number of benzene rings is 2. The van der Waals surface area contributed by atoms with Crippen LogP contribution in [0.4, 0.5) is 0 Å². The van der Waals surface area contributed by atoms with Gasteiger partial charge in [-0.15, -0.1) is 0 Å². The number of carbonyl (C=O) groups excluding carboxylic acids is 1. The van der Waals surface area contributed by atoms with Crippen LogP contribution in [0, 0.1) is 5.41 Å². The van der Waals surface area contributed by atoms with E-state index in [1.54, 1.807) is 18.1 Å². The normalized spacial score (nSPS) is 16.8. The molecular formula is C25H22N4O3S. The average Bonchev–Trinajstić information content (AvgIpc) is 3.37. The van der Waals surface area contributed by atoms with Gasteiger partial charge in [-0.1, -0.05) is 42.1 Å². The van der Waals surface area contributed by atoms with Crippen molar-refractivity contribution in [3.63, 3.8) is 0 Å². The number of nitrogens with one attached hydrogen (secondary N) is 1. The van der Waals surface area contributed by atoms with Gasteiger partial charge in [-0.05, 0) is 31.2 Å². The van der Waals surface area contributed by atoms with Gasteiger partial charge in [-0.25, -0.2) is 0 Å². The highest BCUT2D eigenvalue weighted by Gasteiger charge is 2.33. The Morgan fingerprint density at radius 2 is 1.88 bits per heavy atom. The number of methoxy groups -OCH3 is 1. The number of rotatable bonds is 6. The van der Waals surface area contributed by atoms with Crippen molar-refractivity contribution < 1.29 is 14.3 Å². The molecule has 166 valence electrons. The van der Waals surface area contributed by atoms with Gasteiger partial charge in [0.2, 0.25) is 0 Å². The third-order valence-electron chi connectivity index (χ3n) is 5.47. The minimum absolute atomic E-state index is 0.144. The lowest BCUT2D eigenvalue weighted by molar-refractivity contribution is -0.114. The molecule has 0 unspecified atom stereocenters. The molecule has 0 saturated heterocycles. The molecule has 0 aliphatic carbocycles. The van der Waals surface area contributed by atoms with Gasteiger partial charge in [-0.3, -0.25) is 15.1 Å². The summed E-state index contributed by atoms with van der Waals surface area (Å²) in [5.74, 6) is 1.14. The second kappa shape index (κ2) is 8.63. The molecule has 33 heavy (non-hydrogen) atoms. The average molecular weight is 459 g/mol. The standard InChI is InChI=1S/C25H22N4O3S/c1-16-14-29-23(26)19(24(30)27-25(29)33-16)13-17-15-28(20-8-4-3-7-18(17)20)11-12-32-22-10-6-5-9-21(22)31-2/h3-10,13-15,26H,11-12H2,1-2H3. The van der Waals surface area contributed by atoms with Gasteiger partial charge in [0.05, 0.1) is 19.2 Å². The first kappa shape index (κ1) is 21.1. The van der Waals surface area contributed by atoms with E-state index in [0.717, 1.165) is 21.4 Å².